The molecule has 0 amide bonds. The molecular weight excluding hydrogens is 1140 g/mol. The Morgan fingerprint density at radius 1 is 0.338 bits per heavy atom. The molecule has 13 heteroatoms. The number of thioether (sulfide) groups is 3. The third-order valence-corrected chi connectivity index (χ3v) is 26.5. The molecule has 3 aliphatic heterocycles. The summed E-state index contributed by atoms with van der Waals surface area (Å²) in [4.78, 5) is 44.2. The molecular formula is C61H114O6S6Sn. The summed E-state index contributed by atoms with van der Waals surface area (Å²) in [6.45, 7) is 6.85. The molecule has 0 N–H and O–H groups in total. The van der Waals surface area contributed by atoms with Gasteiger partial charge < -0.3 is 0 Å². The van der Waals surface area contributed by atoms with Crippen LogP contribution in [0.25, 0.3) is 0 Å². The Morgan fingerprint density at radius 3 is 0.757 bits per heavy atom. The van der Waals surface area contributed by atoms with Crippen LogP contribution in [0.4, 0.5) is 0 Å². The second-order valence-electron chi connectivity index (χ2n) is 23.0. The van der Waals surface area contributed by atoms with E-state index in [-0.39, 0.29) is 17.8 Å². The molecule has 0 spiro atoms. The van der Waals surface area contributed by atoms with E-state index in [4.69, 9.17) is 9.22 Å². The van der Waals surface area contributed by atoms with E-state index in [0.29, 0.717) is 55.8 Å². The Kier molecular flexibility index (Phi) is 42.2. The quantitative estimate of drug-likeness (QED) is 0.0239. The van der Waals surface area contributed by atoms with Crippen molar-refractivity contribution in [3.05, 3.63) is 0 Å². The van der Waals surface area contributed by atoms with Gasteiger partial charge in [-0.2, -0.15) is 0 Å². The van der Waals surface area contributed by atoms with Gasteiger partial charge >= 0.3 is 360 Å². The third-order valence-electron chi connectivity index (χ3n) is 16.3. The van der Waals surface area contributed by atoms with Crippen molar-refractivity contribution in [2.45, 2.75) is 327 Å². The fourth-order valence-electron chi connectivity index (χ4n) is 11.2. The summed E-state index contributed by atoms with van der Waals surface area (Å²) < 4.78 is 19.0. The zero-order valence-electron chi connectivity index (χ0n) is 48.0. The normalized spacial score (nSPS) is 21.9. The molecule has 3 fully saturated rings. The van der Waals surface area contributed by atoms with Gasteiger partial charge in [0.15, 0.2) is 0 Å². The summed E-state index contributed by atoms with van der Waals surface area (Å²) >= 11 is 15.1. The molecule has 3 heterocycles. The molecule has 74 heavy (non-hydrogen) atoms. The first kappa shape index (κ1) is 69.6. The molecule has 0 radical (unpaired) electrons. The maximum atomic E-state index is 14.2. The van der Waals surface area contributed by atoms with E-state index in [1.807, 2.05) is 0 Å². The van der Waals surface area contributed by atoms with Crippen LogP contribution in [0.3, 0.4) is 0 Å². The van der Waals surface area contributed by atoms with Crippen LogP contribution in [0.2, 0.25) is 4.94 Å². The zero-order valence-corrected chi connectivity index (χ0v) is 56.0. The van der Waals surface area contributed by atoms with E-state index in [0.717, 1.165) is 70.0 Å². The van der Waals surface area contributed by atoms with Gasteiger partial charge in [0.05, 0.1) is 0 Å². The summed E-state index contributed by atoms with van der Waals surface area (Å²) in [7, 11) is 0. The predicted octanol–water partition coefficient (Wildman–Crippen LogP) is 19.7. The maximum absolute atomic E-state index is 14.2. The predicted molar refractivity (Wildman–Crippen MR) is 338 cm³/mol. The summed E-state index contributed by atoms with van der Waals surface area (Å²) in [5, 5.41) is 5.18. The van der Waals surface area contributed by atoms with E-state index in [9.17, 15) is 14.4 Å². The number of carbonyl (C=O) groups excluding carboxylic acids is 3. The fraction of sp³-hybridized carbons (Fsp3) is 0.951. The SMILES string of the molecule is CCCCCCCCC1SC1CCCCCCC(CCS)C(=O)[O][Sn]([CH3])([O]C(=O)C(CCS)CCCCCCC1SC1CCCCCCCC)[O]C(=O)C(CCS)CCCCCCC1SC1CCCCCCCC. The number of hydrogen-bond acceptors (Lipinski definition) is 12. The first-order valence-electron chi connectivity index (χ1n) is 31.6. The van der Waals surface area contributed by atoms with Crippen molar-refractivity contribution in [3.63, 3.8) is 0 Å². The van der Waals surface area contributed by atoms with Crippen LogP contribution in [-0.2, 0) is 23.6 Å². The summed E-state index contributed by atoms with van der Waals surface area (Å²) in [6.07, 6.45) is 49.9. The van der Waals surface area contributed by atoms with Gasteiger partial charge in [0.1, 0.15) is 0 Å². The topological polar surface area (TPSA) is 78.9 Å². The third kappa shape index (κ3) is 33.9. The Hall–Kier alpha value is 1.31. The first-order chi connectivity index (χ1) is 36.1. The zero-order chi connectivity index (χ0) is 53.5. The van der Waals surface area contributed by atoms with Crippen LogP contribution in [0, 0.1) is 17.8 Å². The van der Waals surface area contributed by atoms with Crippen molar-refractivity contribution in [2.75, 3.05) is 17.3 Å². The molecule has 3 saturated heterocycles. The molecule has 0 bridgehead atoms. The molecule has 9 atom stereocenters. The summed E-state index contributed by atoms with van der Waals surface area (Å²) in [5.41, 5.74) is 0. The Morgan fingerprint density at radius 2 is 0.541 bits per heavy atom. The Balaban J connectivity index is 1.50. The molecule has 0 aliphatic carbocycles. The second-order valence-corrected chi connectivity index (χ2v) is 35.5. The second kappa shape index (κ2) is 44.9. The summed E-state index contributed by atoms with van der Waals surface area (Å²) in [6, 6.07) is 0. The minimum absolute atomic E-state index is 0.372. The summed E-state index contributed by atoms with van der Waals surface area (Å²) in [5.74, 6) is -0.647. The number of rotatable bonds is 54. The molecule has 3 rings (SSSR count). The van der Waals surface area contributed by atoms with Gasteiger partial charge in [-0.3, -0.25) is 0 Å². The van der Waals surface area contributed by atoms with E-state index in [1.165, 1.54) is 193 Å². The minimum Gasteiger partial charge on any atom is -0.0654 e. The van der Waals surface area contributed by atoms with Crippen LogP contribution < -0.4 is 0 Å². The molecule has 0 aromatic rings. The number of thiol groups is 3. The molecule has 0 aromatic heterocycles. The van der Waals surface area contributed by atoms with Crippen LogP contribution >= 0.6 is 73.2 Å². The minimum atomic E-state index is -5.12. The smallest absolute Gasteiger partial charge is 0.0654 e. The van der Waals surface area contributed by atoms with Crippen molar-refractivity contribution < 1.29 is 23.6 Å². The molecule has 6 nitrogen and oxygen atoms in total. The van der Waals surface area contributed by atoms with Crippen LogP contribution in [0.5, 0.6) is 0 Å². The van der Waals surface area contributed by atoms with Gasteiger partial charge in [0, 0.05) is 0 Å². The van der Waals surface area contributed by atoms with Crippen LogP contribution in [0.15, 0.2) is 0 Å². The molecule has 9 unspecified atom stereocenters. The van der Waals surface area contributed by atoms with Gasteiger partial charge in [-0.1, -0.05) is 136 Å². The fourth-order valence-corrected chi connectivity index (χ4v) is 20.7. The average molecular weight is 1250 g/mol. The van der Waals surface area contributed by atoms with Crippen LogP contribution in [0.1, 0.15) is 290 Å². The monoisotopic (exact) mass is 1250 g/mol. The van der Waals surface area contributed by atoms with Gasteiger partial charge in [0.2, 0.25) is 0 Å². The van der Waals surface area contributed by atoms with Crippen molar-refractivity contribution in [2.24, 2.45) is 17.8 Å². The molecule has 3 aliphatic rings. The first-order valence-corrected chi connectivity index (χ1v) is 42.7. The van der Waals surface area contributed by atoms with Crippen molar-refractivity contribution in [3.8, 4) is 0 Å². The Bertz CT molecular complexity index is 1250. The van der Waals surface area contributed by atoms with Crippen LogP contribution in [-0.4, -0.2) is 86.3 Å². The molecule has 434 valence electrons. The molecule has 0 saturated carbocycles. The van der Waals surface area contributed by atoms with Gasteiger partial charge in [0.25, 0.3) is 0 Å². The number of unbranched alkanes of at least 4 members (excludes halogenated alkanes) is 24. The number of carbonyl (C=O) groups is 3. The average Bonchev–Trinajstić information content (AvgIpc) is 4.33. The van der Waals surface area contributed by atoms with Gasteiger partial charge in [-0.15, -0.1) is 0 Å². The van der Waals surface area contributed by atoms with E-state index in [1.54, 1.807) is 4.94 Å². The standard InChI is InChI=1S/3C20H38O2S2.CH3.Sn/c3*1-2-3-4-5-6-10-13-18-19(24-18)14-11-8-7-9-12-17(15-16-23)20(21)22;;/h3*17-19,23H,2-16H2,1H3,(H,21,22);1H3;/q;;;;+3/p-3. The van der Waals surface area contributed by atoms with E-state index < -0.39 is 37.5 Å². The van der Waals surface area contributed by atoms with Gasteiger partial charge in [-0.25, -0.2) is 0 Å². The van der Waals surface area contributed by atoms with Crippen molar-refractivity contribution >= 4 is 111 Å². The van der Waals surface area contributed by atoms with Gasteiger partial charge in [-0.05, 0) is 0 Å². The van der Waals surface area contributed by atoms with Crippen molar-refractivity contribution in [1.82, 2.24) is 0 Å². The van der Waals surface area contributed by atoms with E-state index in [2.05, 4.69) is 93.9 Å². The van der Waals surface area contributed by atoms with E-state index >= 15 is 0 Å². The number of hydrogen-bond donors (Lipinski definition) is 3. The van der Waals surface area contributed by atoms with Crippen molar-refractivity contribution in [1.29, 1.82) is 0 Å². The molecule has 0 aromatic carbocycles. The Labute approximate surface area is 492 Å².